The monoisotopic (exact) mass is 260 g/mol. The Labute approximate surface area is 110 Å². The SMILES string of the molecule is CS(=O)CC(O)(c1ccccc1)c1ccccc1. The Kier molecular flexibility index (Phi) is 3.94. The molecule has 1 unspecified atom stereocenters. The lowest BCUT2D eigenvalue weighted by molar-refractivity contribution is 0.107. The second-order valence-electron chi connectivity index (χ2n) is 4.31. The summed E-state index contributed by atoms with van der Waals surface area (Å²) in [6.45, 7) is 0. The van der Waals surface area contributed by atoms with Crippen molar-refractivity contribution in [2.75, 3.05) is 12.0 Å². The van der Waals surface area contributed by atoms with Crippen molar-refractivity contribution in [3.05, 3.63) is 71.8 Å². The summed E-state index contributed by atoms with van der Waals surface area (Å²) < 4.78 is 11.6. The van der Waals surface area contributed by atoms with Gasteiger partial charge in [-0.05, 0) is 11.1 Å². The van der Waals surface area contributed by atoms with Gasteiger partial charge in [-0.2, -0.15) is 0 Å². The predicted octanol–water partition coefficient (Wildman–Crippen LogP) is 2.30. The molecule has 0 saturated heterocycles. The van der Waals surface area contributed by atoms with Gasteiger partial charge in [0.05, 0.1) is 5.75 Å². The van der Waals surface area contributed by atoms with E-state index >= 15 is 0 Å². The van der Waals surface area contributed by atoms with Crippen LogP contribution in [0, 0.1) is 0 Å². The molecule has 1 atom stereocenters. The number of hydrogen-bond acceptors (Lipinski definition) is 2. The summed E-state index contributed by atoms with van der Waals surface area (Å²) in [6.07, 6.45) is 1.61. The zero-order chi connectivity index (χ0) is 13.0. The van der Waals surface area contributed by atoms with Crippen molar-refractivity contribution in [1.29, 1.82) is 0 Å². The number of rotatable bonds is 4. The van der Waals surface area contributed by atoms with Crippen LogP contribution in [0.25, 0.3) is 0 Å². The smallest absolute Gasteiger partial charge is 0.126 e. The lowest BCUT2D eigenvalue weighted by Crippen LogP contribution is -2.33. The summed E-state index contributed by atoms with van der Waals surface area (Å²) >= 11 is 0. The van der Waals surface area contributed by atoms with E-state index in [1.54, 1.807) is 6.26 Å². The Morgan fingerprint density at radius 1 is 0.944 bits per heavy atom. The normalized spacial score (nSPS) is 13.2. The molecule has 0 fully saturated rings. The number of benzene rings is 2. The topological polar surface area (TPSA) is 37.3 Å². The molecule has 0 heterocycles. The van der Waals surface area contributed by atoms with Crippen molar-refractivity contribution >= 4 is 10.8 Å². The average molecular weight is 260 g/mol. The minimum atomic E-state index is -1.19. The third-order valence-electron chi connectivity index (χ3n) is 2.91. The molecule has 2 rings (SSSR count). The van der Waals surface area contributed by atoms with Gasteiger partial charge in [-0.15, -0.1) is 0 Å². The van der Waals surface area contributed by atoms with Crippen molar-refractivity contribution in [3.8, 4) is 0 Å². The molecule has 0 aliphatic rings. The van der Waals surface area contributed by atoms with Gasteiger partial charge in [0.15, 0.2) is 0 Å². The highest BCUT2D eigenvalue weighted by atomic mass is 32.2. The summed E-state index contributed by atoms with van der Waals surface area (Å²) in [7, 11) is -1.09. The van der Waals surface area contributed by atoms with Crippen LogP contribution in [-0.4, -0.2) is 21.3 Å². The largest absolute Gasteiger partial charge is 0.379 e. The van der Waals surface area contributed by atoms with Crippen LogP contribution in [0.5, 0.6) is 0 Å². The Hall–Kier alpha value is -1.45. The van der Waals surface area contributed by atoms with E-state index < -0.39 is 16.4 Å². The second kappa shape index (κ2) is 5.46. The van der Waals surface area contributed by atoms with Gasteiger partial charge in [-0.1, -0.05) is 60.7 Å². The van der Waals surface area contributed by atoms with Gasteiger partial charge in [0, 0.05) is 17.1 Å². The maximum Gasteiger partial charge on any atom is 0.126 e. The van der Waals surface area contributed by atoms with Crippen molar-refractivity contribution < 1.29 is 9.32 Å². The highest BCUT2D eigenvalue weighted by Gasteiger charge is 2.32. The van der Waals surface area contributed by atoms with Gasteiger partial charge >= 0.3 is 0 Å². The van der Waals surface area contributed by atoms with Crippen LogP contribution in [-0.2, 0) is 16.4 Å². The molecule has 0 amide bonds. The summed E-state index contributed by atoms with van der Waals surface area (Å²) in [5.74, 6) is 0.195. The fourth-order valence-electron chi connectivity index (χ4n) is 2.06. The zero-order valence-corrected chi connectivity index (χ0v) is 11.1. The van der Waals surface area contributed by atoms with Gasteiger partial charge in [0.2, 0.25) is 0 Å². The molecule has 0 bridgehead atoms. The molecule has 2 aromatic carbocycles. The Balaban J connectivity index is 2.51. The first kappa shape index (κ1) is 13.0. The van der Waals surface area contributed by atoms with Gasteiger partial charge in [-0.3, -0.25) is 4.21 Å². The van der Waals surface area contributed by atoms with Crippen LogP contribution in [0.2, 0.25) is 0 Å². The van der Waals surface area contributed by atoms with Crippen LogP contribution in [0.1, 0.15) is 11.1 Å². The molecule has 0 radical (unpaired) electrons. The van der Waals surface area contributed by atoms with E-state index in [0.29, 0.717) is 0 Å². The standard InChI is InChI=1S/C15H16O2S/c1-18(17)12-15(16,13-8-4-2-5-9-13)14-10-6-3-7-11-14/h2-11,16H,12H2,1H3. The Morgan fingerprint density at radius 2 is 1.33 bits per heavy atom. The zero-order valence-electron chi connectivity index (χ0n) is 10.2. The van der Waals surface area contributed by atoms with Crippen LogP contribution < -0.4 is 0 Å². The molecule has 2 nitrogen and oxygen atoms in total. The first-order valence-corrected chi connectivity index (χ1v) is 7.49. The summed E-state index contributed by atoms with van der Waals surface area (Å²) in [5.41, 5.74) is 0.347. The van der Waals surface area contributed by atoms with E-state index in [1.807, 2.05) is 60.7 Å². The molecule has 0 aliphatic heterocycles. The molecule has 0 spiro atoms. The summed E-state index contributed by atoms with van der Waals surface area (Å²) in [5, 5.41) is 10.9. The second-order valence-corrected chi connectivity index (χ2v) is 5.74. The lowest BCUT2D eigenvalue weighted by atomic mass is 9.88. The lowest BCUT2D eigenvalue weighted by Gasteiger charge is -2.28. The minimum Gasteiger partial charge on any atom is -0.379 e. The first-order chi connectivity index (χ1) is 8.63. The maximum atomic E-state index is 11.6. The number of hydrogen-bond donors (Lipinski definition) is 1. The van der Waals surface area contributed by atoms with Gasteiger partial charge in [-0.25, -0.2) is 0 Å². The molecular formula is C15H16O2S. The third-order valence-corrected chi connectivity index (χ3v) is 3.74. The molecule has 1 N–H and O–H groups in total. The number of aliphatic hydroxyl groups is 1. The van der Waals surface area contributed by atoms with Crippen molar-refractivity contribution in [2.45, 2.75) is 5.60 Å². The molecule has 3 heteroatoms. The van der Waals surface area contributed by atoms with Gasteiger partial charge in [0.25, 0.3) is 0 Å². The highest BCUT2D eigenvalue weighted by Crippen LogP contribution is 2.30. The predicted molar refractivity (Wildman–Crippen MR) is 74.8 cm³/mol. The van der Waals surface area contributed by atoms with Crippen molar-refractivity contribution in [3.63, 3.8) is 0 Å². The van der Waals surface area contributed by atoms with Crippen LogP contribution in [0.3, 0.4) is 0 Å². The maximum absolute atomic E-state index is 11.6. The quantitative estimate of drug-likeness (QED) is 0.916. The molecule has 0 saturated carbocycles. The summed E-state index contributed by atoms with van der Waals surface area (Å²) in [4.78, 5) is 0. The molecule has 0 aromatic heterocycles. The minimum absolute atomic E-state index is 0.195. The van der Waals surface area contributed by atoms with Gasteiger partial charge in [0.1, 0.15) is 5.60 Å². The molecule has 2 aromatic rings. The third kappa shape index (κ3) is 2.68. The van der Waals surface area contributed by atoms with E-state index in [9.17, 15) is 9.32 Å². The molecule has 18 heavy (non-hydrogen) atoms. The van der Waals surface area contributed by atoms with Crippen LogP contribution in [0.15, 0.2) is 60.7 Å². The average Bonchev–Trinajstić information content (AvgIpc) is 2.40. The van der Waals surface area contributed by atoms with E-state index in [0.717, 1.165) is 11.1 Å². The fraction of sp³-hybridized carbons (Fsp3) is 0.200. The highest BCUT2D eigenvalue weighted by molar-refractivity contribution is 7.84. The first-order valence-electron chi connectivity index (χ1n) is 5.76. The Bertz CT molecular complexity index is 483. The molecular weight excluding hydrogens is 244 g/mol. The van der Waals surface area contributed by atoms with Crippen LogP contribution in [0.4, 0.5) is 0 Å². The van der Waals surface area contributed by atoms with E-state index in [2.05, 4.69) is 0 Å². The molecule has 94 valence electrons. The van der Waals surface area contributed by atoms with Crippen molar-refractivity contribution in [2.24, 2.45) is 0 Å². The van der Waals surface area contributed by atoms with Crippen molar-refractivity contribution in [1.82, 2.24) is 0 Å². The van der Waals surface area contributed by atoms with E-state index in [1.165, 1.54) is 0 Å². The van der Waals surface area contributed by atoms with Crippen LogP contribution >= 0.6 is 0 Å². The fourth-order valence-corrected chi connectivity index (χ4v) is 2.98. The summed E-state index contributed by atoms with van der Waals surface area (Å²) in [6, 6.07) is 18.8. The van der Waals surface area contributed by atoms with E-state index in [4.69, 9.17) is 0 Å². The van der Waals surface area contributed by atoms with Gasteiger partial charge < -0.3 is 5.11 Å². The Morgan fingerprint density at radius 3 is 1.67 bits per heavy atom. The molecule has 0 aliphatic carbocycles. The van der Waals surface area contributed by atoms with E-state index in [-0.39, 0.29) is 5.75 Å².